The molecule has 1 atom stereocenters. The molecule has 104 valence electrons. The van der Waals surface area contributed by atoms with E-state index in [-0.39, 0.29) is 11.7 Å². The third kappa shape index (κ3) is 3.68. The molecule has 1 heterocycles. The minimum atomic E-state index is -0.975. The summed E-state index contributed by atoms with van der Waals surface area (Å²) in [6, 6.07) is 5.08. The fourth-order valence-electron chi connectivity index (χ4n) is 2.08. The van der Waals surface area contributed by atoms with Crippen molar-refractivity contribution in [2.75, 3.05) is 33.4 Å². The number of carbonyl (C=O) groups is 1. The van der Waals surface area contributed by atoms with Crippen LogP contribution < -0.4 is 4.74 Å². The summed E-state index contributed by atoms with van der Waals surface area (Å²) < 4.78 is 11.2. The molecule has 1 aromatic rings. The van der Waals surface area contributed by atoms with Gasteiger partial charge in [-0.15, -0.1) is 0 Å². The average molecular weight is 265 g/mol. The number of carboxylic acid groups (broad SMARTS) is 1. The lowest BCUT2D eigenvalue weighted by Gasteiger charge is -2.30. The molecule has 1 saturated heterocycles. The maximum atomic E-state index is 11.1. The fraction of sp³-hybridized carbons (Fsp3) is 0.500. The highest BCUT2D eigenvalue weighted by molar-refractivity contribution is 5.90. The van der Waals surface area contributed by atoms with Crippen LogP contribution >= 0.6 is 0 Å². The van der Waals surface area contributed by atoms with Gasteiger partial charge in [0, 0.05) is 13.1 Å². The van der Waals surface area contributed by atoms with Crippen molar-refractivity contribution in [2.24, 2.45) is 0 Å². The highest BCUT2D eigenvalue weighted by atomic mass is 16.5. The molecule has 19 heavy (non-hydrogen) atoms. The Bertz CT molecular complexity index is 461. The Morgan fingerprint density at radius 2 is 2.37 bits per heavy atom. The number of aromatic carboxylic acids is 1. The third-order valence-electron chi connectivity index (χ3n) is 3.13. The zero-order valence-corrected chi connectivity index (χ0v) is 11.3. The number of likely N-dealkylation sites (N-methyl/N-ethyl adjacent to an activating group) is 1. The number of ether oxygens (including phenoxy) is 2. The summed E-state index contributed by atoms with van der Waals surface area (Å²) >= 11 is 0. The van der Waals surface area contributed by atoms with Crippen LogP contribution in [0.5, 0.6) is 5.75 Å². The number of hydrogen-bond donors (Lipinski definition) is 1. The fourth-order valence-corrected chi connectivity index (χ4v) is 2.08. The first-order chi connectivity index (χ1) is 9.06. The monoisotopic (exact) mass is 265 g/mol. The van der Waals surface area contributed by atoms with Gasteiger partial charge in [0.25, 0.3) is 0 Å². The van der Waals surface area contributed by atoms with Gasteiger partial charge in [-0.1, -0.05) is 6.07 Å². The van der Waals surface area contributed by atoms with Crippen molar-refractivity contribution in [1.82, 2.24) is 4.90 Å². The Kier molecular flexibility index (Phi) is 4.39. The van der Waals surface area contributed by atoms with Crippen molar-refractivity contribution in [1.29, 1.82) is 0 Å². The SMILES string of the molecule is Cc1ccc(C(=O)O)c(OCC2CN(C)CCO2)c1. The van der Waals surface area contributed by atoms with Crippen molar-refractivity contribution in [3.63, 3.8) is 0 Å². The number of benzene rings is 1. The Morgan fingerprint density at radius 1 is 1.58 bits per heavy atom. The quantitative estimate of drug-likeness (QED) is 0.891. The second kappa shape index (κ2) is 6.04. The number of hydrogen-bond acceptors (Lipinski definition) is 4. The first kappa shape index (κ1) is 13.8. The van der Waals surface area contributed by atoms with Crippen molar-refractivity contribution in [3.05, 3.63) is 29.3 Å². The van der Waals surface area contributed by atoms with Crippen LogP contribution in [0.2, 0.25) is 0 Å². The van der Waals surface area contributed by atoms with Crippen LogP contribution in [-0.4, -0.2) is 55.4 Å². The van der Waals surface area contributed by atoms with Gasteiger partial charge in [-0.3, -0.25) is 0 Å². The lowest BCUT2D eigenvalue weighted by atomic mass is 10.1. The molecule has 1 aliphatic rings. The molecule has 1 N–H and O–H groups in total. The smallest absolute Gasteiger partial charge is 0.339 e. The first-order valence-corrected chi connectivity index (χ1v) is 6.33. The van der Waals surface area contributed by atoms with Crippen LogP contribution in [0.15, 0.2) is 18.2 Å². The highest BCUT2D eigenvalue weighted by Gasteiger charge is 2.19. The summed E-state index contributed by atoms with van der Waals surface area (Å²) in [7, 11) is 2.03. The Hall–Kier alpha value is -1.59. The molecule has 1 aromatic carbocycles. The lowest BCUT2D eigenvalue weighted by molar-refractivity contribution is -0.0405. The molecular weight excluding hydrogens is 246 g/mol. The summed E-state index contributed by atoms with van der Waals surface area (Å²) in [4.78, 5) is 13.3. The number of morpholine rings is 1. The van der Waals surface area contributed by atoms with Crippen LogP contribution in [-0.2, 0) is 4.74 Å². The van der Waals surface area contributed by atoms with Gasteiger partial charge in [0.1, 0.15) is 24.0 Å². The summed E-state index contributed by atoms with van der Waals surface area (Å²) in [6.07, 6.45) is -0.0130. The zero-order chi connectivity index (χ0) is 13.8. The normalized spacial score (nSPS) is 20.2. The minimum Gasteiger partial charge on any atom is -0.490 e. The van der Waals surface area contributed by atoms with E-state index in [1.807, 2.05) is 14.0 Å². The molecular formula is C14H19NO4. The van der Waals surface area contributed by atoms with Crippen molar-refractivity contribution in [2.45, 2.75) is 13.0 Å². The van der Waals surface area contributed by atoms with Gasteiger partial charge in [-0.05, 0) is 31.7 Å². The van der Waals surface area contributed by atoms with Crippen LogP contribution in [0.1, 0.15) is 15.9 Å². The molecule has 1 fully saturated rings. The van der Waals surface area contributed by atoms with E-state index >= 15 is 0 Å². The summed E-state index contributed by atoms with van der Waals surface area (Å²) in [5, 5.41) is 9.12. The van der Waals surface area contributed by atoms with Crippen molar-refractivity contribution in [3.8, 4) is 5.75 Å². The largest absolute Gasteiger partial charge is 0.490 e. The predicted octanol–water partition coefficient (Wildman–Crippen LogP) is 1.40. The van der Waals surface area contributed by atoms with E-state index in [2.05, 4.69) is 4.90 Å². The molecule has 1 aliphatic heterocycles. The molecule has 2 rings (SSSR count). The Balaban J connectivity index is 2.02. The van der Waals surface area contributed by atoms with Gasteiger partial charge >= 0.3 is 5.97 Å². The van der Waals surface area contributed by atoms with Gasteiger partial charge in [-0.2, -0.15) is 0 Å². The zero-order valence-electron chi connectivity index (χ0n) is 11.3. The van der Waals surface area contributed by atoms with Crippen LogP contribution in [0, 0.1) is 6.92 Å². The van der Waals surface area contributed by atoms with Gasteiger partial charge in [0.15, 0.2) is 0 Å². The van der Waals surface area contributed by atoms with E-state index in [9.17, 15) is 4.79 Å². The molecule has 0 spiro atoms. The standard InChI is InChI=1S/C14H19NO4/c1-10-3-4-12(14(16)17)13(7-10)19-9-11-8-15(2)5-6-18-11/h3-4,7,11H,5-6,8-9H2,1-2H3,(H,16,17). The molecule has 5 nitrogen and oxygen atoms in total. The summed E-state index contributed by atoms with van der Waals surface area (Å²) in [5.41, 5.74) is 1.16. The molecule has 0 bridgehead atoms. The number of rotatable bonds is 4. The van der Waals surface area contributed by atoms with Gasteiger partial charge in [0.2, 0.25) is 0 Å². The Labute approximate surface area is 112 Å². The second-order valence-corrected chi connectivity index (χ2v) is 4.87. The van der Waals surface area contributed by atoms with Crippen LogP contribution in [0.3, 0.4) is 0 Å². The number of aryl methyl sites for hydroxylation is 1. The maximum absolute atomic E-state index is 11.1. The van der Waals surface area contributed by atoms with E-state index in [1.165, 1.54) is 0 Å². The molecule has 0 aliphatic carbocycles. The van der Waals surface area contributed by atoms with E-state index < -0.39 is 5.97 Å². The molecule has 1 unspecified atom stereocenters. The van der Waals surface area contributed by atoms with Crippen LogP contribution in [0.25, 0.3) is 0 Å². The molecule has 0 aromatic heterocycles. The summed E-state index contributed by atoms with van der Waals surface area (Å²) in [5.74, 6) is -0.569. The molecule has 0 saturated carbocycles. The lowest BCUT2D eigenvalue weighted by Crippen LogP contribution is -2.42. The Morgan fingerprint density at radius 3 is 3.05 bits per heavy atom. The van der Waals surface area contributed by atoms with Crippen molar-refractivity contribution < 1.29 is 19.4 Å². The molecule has 5 heteroatoms. The molecule has 0 radical (unpaired) electrons. The number of nitrogens with zero attached hydrogens (tertiary/aromatic N) is 1. The first-order valence-electron chi connectivity index (χ1n) is 6.33. The van der Waals surface area contributed by atoms with Gasteiger partial charge in [-0.25, -0.2) is 4.79 Å². The van der Waals surface area contributed by atoms with Gasteiger partial charge < -0.3 is 19.5 Å². The third-order valence-corrected chi connectivity index (χ3v) is 3.13. The van der Waals surface area contributed by atoms with Crippen molar-refractivity contribution >= 4 is 5.97 Å². The summed E-state index contributed by atoms with van der Waals surface area (Å²) in [6.45, 7) is 4.68. The van der Waals surface area contributed by atoms with E-state index in [1.54, 1.807) is 18.2 Å². The molecule has 0 amide bonds. The maximum Gasteiger partial charge on any atom is 0.339 e. The minimum absolute atomic E-state index is 0.0130. The van der Waals surface area contributed by atoms with Gasteiger partial charge in [0.05, 0.1) is 6.61 Å². The second-order valence-electron chi connectivity index (χ2n) is 4.87. The van der Waals surface area contributed by atoms with E-state index in [0.29, 0.717) is 19.0 Å². The van der Waals surface area contributed by atoms with E-state index in [4.69, 9.17) is 14.6 Å². The van der Waals surface area contributed by atoms with Crippen LogP contribution in [0.4, 0.5) is 0 Å². The van der Waals surface area contributed by atoms with E-state index in [0.717, 1.165) is 18.7 Å². The average Bonchev–Trinajstić information content (AvgIpc) is 2.36. The highest BCUT2D eigenvalue weighted by Crippen LogP contribution is 2.21. The topological polar surface area (TPSA) is 59.0 Å². The predicted molar refractivity (Wildman–Crippen MR) is 70.9 cm³/mol. The number of carboxylic acids is 1.